The fourth-order valence-electron chi connectivity index (χ4n) is 3.86. The monoisotopic (exact) mass is 365 g/mol. The van der Waals surface area contributed by atoms with Crippen molar-refractivity contribution in [3.05, 3.63) is 0 Å². The molecule has 0 saturated carbocycles. The maximum atomic E-state index is 12.0. The molecule has 1 unspecified atom stereocenters. The van der Waals surface area contributed by atoms with Crippen molar-refractivity contribution in [2.45, 2.75) is 58.3 Å². The van der Waals surface area contributed by atoms with Gasteiger partial charge < -0.3 is 20.9 Å². The van der Waals surface area contributed by atoms with Gasteiger partial charge in [-0.3, -0.25) is 14.6 Å². The molecule has 0 aromatic rings. The minimum absolute atomic E-state index is 0.221. The minimum Gasteiger partial charge on any atom is -0.370 e. The standard InChI is InChI=1S/C19H35N5O2/c1-2-21-19(24-12-6-8-16(15-24)14-17(20)25)22-10-7-13-23-11-5-3-4-9-18(23)26/h16H,2-15H2,1H3,(H2,20,25)(H,21,22). The Bertz CT molecular complexity index is 494. The van der Waals surface area contributed by atoms with Gasteiger partial charge in [-0.05, 0) is 44.9 Å². The quantitative estimate of drug-likeness (QED) is 0.404. The largest absolute Gasteiger partial charge is 0.370 e. The maximum absolute atomic E-state index is 12.0. The lowest BCUT2D eigenvalue weighted by molar-refractivity contribution is -0.130. The molecule has 0 aromatic heterocycles. The normalized spacial score (nSPS) is 22.3. The van der Waals surface area contributed by atoms with Crippen LogP contribution in [0.3, 0.4) is 0 Å². The Hall–Kier alpha value is -1.79. The fraction of sp³-hybridized carbons (Fsp3) is 0.842. The molecule has 2 rings (SSSR count). The number of carbonyl (C=O) groups excluding carboxylic acids is 2. The molecular weight excluding hydrogens is 330 g/mol. The molecule has 0 aromatic carbocycles. The summed E-state index contributed by atoms with van der Waals surface area (Å²) in [6.45, 7) is 7.08. The lowest BCUT2D eigenvalue weighted by Crippen LogP contribution is -2.47. The second kappa shape index (κ2) is 11.0. The number of hydrogen-bond acceptors (Lipinski definition) is 3. The Morgan fingerprint density at radius 2 is 2.12 bits per heavy atom. The van der Waals surface area contributed by atoms with Gasteiger partial charge in [-0.25, -0.2) is 0 Å². The molecule has 7 heteroatoms. The first kappa shape index (κ1) is 20.5. The van der Waals surface area contributed by atoms with Crippen molar-refractivity contribution >= 4 is 17.8 Å². The average Bonchev–Trinajstić information content (AvgIpc) is 2.81. The highest BCUT2D eigenvalue weighted by Gasteiger charge is 2.23. The van der Waals surface area contributed by atoms with Gasteiger partial charge in [-0.2, -0.15) is 0 Å². The van der Waals surface area contributed by atoms with Crippen LogP contribution in [0.15, 0.2) is 4.99 Å². The lowest BCUT2D eigenvalue weighted by atomic mass is 9.95. The van der Waals surface area contributed by atoms with E-state index in [0.29, 0.717) is 31.2 Å². The molecule has 148 valence electrons. The highest BCUT2D eigenvalue weighted by molar-refractivity contribution is 5.80. The summed E-state index contributed by atoms with van der Waals surface area (Å²) in [5, 5.41) is 3.36. The molecule has 2 amide bonds. The first-order chi connectivity index (χ1) is 12.6. The van der Waals surface area contributed by atoms with E-state index in [1.54, 1.807) is 0 Å². The predicted molar refractivity (Wildman–Crippen MR) is 104 cm³/mol. The molecule has 0 aliphatic carbocycles. The third kappa shape index (κ3) is 6.84. The number of amides is 2. The Kier molecular flexibility index (Phi) is 8.71. The highest BCUT2D eigenvalue weighted by atomic mass is 16.2. The van der Waals surface area contributed by atoms with E-state index < -0.39 is 0 Å². The van der Waals surface area contributed by atoms with E-state index in [1.165, 1.54) is 0 Å². The number of guanidine groups is 1. The van der Waals surface area contributed by atoms with Gasteiger partial charge in [0, 0.05) is 52.1 Å². The van der Waals surface area contributed by atoms with Crippen molar-refractivity contribution in [1.82, 2.24) is 15.1 Å². The van der Waals surface area contributed by atoms with Gasteiger partial charge in [-0.15, -0.1) is 0 Å². The summed E-state index contributed by atoms with van der Waals surface area (Å²) in [6.07, 6.45) is 7.45. The maximum Gasteiger partial charge on any atom is 0.222 e. The molecule has 2 fully saturated rings. The zero-order valence-corrected chi connectivity index (χ0v) is 16.2. The molecule has 2 saturated heterocycles. The molecule has 2 heterocycles. The van der Waals surface area contributed by atoms with E-state index in [1.807, 2.05) is 4.90 Å². The fourth-order valence-corrected chi connectivity index (χ4v) is 3.86. The van der Waals surface area contributed by atoms with Crippen LogP contribution in [0, 0.1) is 5.92 Å². The zero-order chi connectivity index (χ0) is 18.8. The van der Waals surface area contributed by atoms with Crippen molar-refractivity contribution in [2.75, 3.05) is 39.3 Å². The Morgan fingerprint density at radius 1 is 1.27 bits per heavy atom. The molecule has 0 spiro atoms. The summed E-state index contributed by atoms with van der Waals surface area (Å²) in [5.41, 5.74) is 5.36. The van der Waals surface area contributed by atoms with Crippen LogP contribution in [0.1, 0.15) is 58.3 Å². The smallest absolute Gasteiger partial charge is 0.222 e. The third-order valence-corrected chi connectivity index (χ3v) is 5.16. The van der Waals surface area contributed by atoms with Gasteiger partial charge in [0.2, 0.25) is 11.8 Å². The summed E-state index contributed by atoms with van der Waals surface area (Å²) >= 11 is 0. The Morgan fingerprint density at radius 3 is 2.88 bits per heavy atom. The zero-order valence-electron chi connectivity index (χ0n) is 16.2. The topological polar surface area (TPSA) is 91.0 Å². The van der Waals surface area contributed by atoms with Crippen molar-refractivity contribution in [2.24, 2.45) is 16.6 Å². The number of likely N-dealkylation sites (tertiary alicyclic amines) is 2. The molecule has 7 nitrogen and oxygen atoms in total. The van der Waals surface area contributed by atoms with Crippen molar-refractivity contribution in [3.63, 3.8) is 0 Å². The number of carbonyl (C=O) groups is 2. The van der Waals surface area contributed by atoms with E-state index in [2.05, 4.69) is 17.1 Å². The molecule has 2 aliphatic heterocycles. The third-order valence-electron chi connectivity index (χ3n) is 5.16. The second-order valence-corrected chi connectivity index (χ2v) is 7.41. The molecule has 3 N–H and O–H groups in total. The van der Waals surface area contributed by atoms with E-state index in [9.17, 15) is 9.59 Å². The van der Waals surface area contributed by atoms with Gasteiger partial charge in [0.05, 0.1) is 0 Å². The number of hydrogen-bond donors (Lipinski definition) is 2. The summed E-state index contributed by atoms with van der Waals surface area (Å²) in [7, 11) is 0. The van der Waals surface area contributed by atoms with Gasteiger partial charge in [0.1, 0.15) is 0 Å². The van der Waals surface area contributed by atoms with Crippen molar-refractivity contribution in [3.8, 4) is 0 Å². The summed E-state index contributed by atoms with van der Waals surface area (Å²) in [6, 6.07) is 0. The van der Waals surface area contributed by atoms with Crippen LogP contribution >= 0.6 is 0 Å². The Balaban J connectivity index is 1.83. The van der Waals surface area contributed by atoms with E-state index in [0.717, 1.165) is 77.2 Å². The second-order valence-electron chi connectivity index (χ2n) is 7.41. The van der Waals surface area contributed by atoms with E-state index in [4.69, 9.17) is 10.7 Å². The van der Waals surface area contributed by atoms with Crippen molar-refractivity contribution in [1.29, 1.82) is 0 Å². The summed E-state index contributed by atoms with van der Waals surface area (Å²) in [4.78, 5) is 32.3. The molecule has 2 aliphatic rings. The summed E-state index contributed by atoms with van der Waals surface area (Å²) < 4.78 is 0. The predicted octanol–water partition coefficient (Wildman–Crippen LogP) is 1.33. The van der Waals surface area contributed by atoms with Gasteiger partial charge >= 0.3 is 0 Å². The number of nitrogens with one attached hydrogen (secondary N) is 1. The van der Waals surface area contributed by atoms with Crippen LogP contribution in [0.2, 0.25) is 0 Å². The van der Waals surface area contributed by atoms with Gasteiger partial charge in [0.15, 0.2) is 5.96 Å². The lowest BCUT2D eigenvalue weighted by Gasteiger charge is -2.34. The molecule has 1 atom stereocenters. The van der Waals surface area contributed by atoms with Crippen LogP contribution in [0.5, 0.6) is 0 Å². The first-order valence-electron chi connectivity index (χ1n) is 10.2. The minimum atomic E-state index is -0.221. The number of nitrogens with two attached hydrogens (primary N) is 1. The average molecular weight is 366 g/mol. The van der Waals surface area contributed by atoms with Crippen molar-refractivity contribution < 1.29 is 9.59 Å². The first-order valence-corrected chi connectivity index (χ1v) is 10.2. The Labute approximate surface area is 157 Å². The van der Waals surface area contributed by atoms with Crippen LogP contribution in [-0.2, 0) is 9.59 Å². The van der Waals surface area contributed by atoms with Crippen LogP contribution in [0.25, 0.3) is 0 Å². The molecule has 26 heavy (non-hydrogen) atoms. The number of rotatable bonds is 7. The van der Waals surface area contributed by atoms with Gasteiger partial charge in [0.25, 0.3) is 0 Å². The molecule has 0 radical (unpaired) electrons. The number of piperidine rings is 1. The van der Waals surface area contributed by atoms with Crippen LogP contribution in [0.4, 0.5) is 0 Å². The van der Waals surface area contributed by atoms with Gasteiger partial charge in [-0.1, -0.05) is 6.42 Å². The highest BCUT2D eigenvalue weighted by Crippen LogP contribution is 2.19. The molecule has 0 bridgehead atoms. The SMILES string of the molecule is CCNC(=NCCCN1CCCCCC1=O)N1CCCC(CC(N)=O)C1. The summed E-state index contributed by atoms with van der Waals surface area (Å²) in [5.74, 6) is 1.31. The number of primary amides is 1. The number of nitrogens with zero attached hydrogens (tertiary/aromatic N) is 3. The van der Waals surface area contributed by atoms with Crippen LogP contribution in [-0.4, -0.2) is 66.8 Å². The van der Waals surface area contributed by atoms with Crippen LogP contribution < -0.4 is 11.1 Å². The number of aliphatic imine (C=N–C) groups is 1. The van der Waals surface area contributed by atoms with E-state index >= 15 is 0 Å². The molecular formula is C19H35N5O2. The van der Waals surface area contributed by atoms with E-state index in [-0.39, 0.29) is 5.91 Å².